The molecule has 5 aromatic rings. The summed E-state index contributed by atoms with van der Waals surface area (Å²) in [6.07, 6.45) is 3.47. The lowest BCUT2D eigenvalue weighted by Crippen LogP contribution is -2.11. The van der Waals surface area contributed by atoms with Crippen LogP contribution in [-0.2, 0) is 10.0 Å². The normalized spacial score (nSPS) is 11.7. The number of rotatable bonds is 4. The fourth-order valence-electron chi connectivity index (χ4n) is 4.06. The zero-order valence-electron chi connectivity index (χ0n) is 17.8. The van der Waals surface area contributed by atoms with E-state index >= 15 is 0 Å². The first-order valence-corrected chi connectivity index (χ1v) is 12.4. The van der Waals surface area contributed by atoms with Gasteiger partial charge in [-0.2, -0.15) is 5.26 Å². The molecule has 0 aliphatic rings. The molecular weight excluding hydrogens is 454 g/mol. The van der Waals surface area contributed by atoms with Crippen LogP contribution in [0.3, 0.4) is 0 Å². The van der Waals surface area contributed by atoms with Crippen LogP contribution in [0.4, 0.5) is 11.4 Å². The Hall–Kier alpha value is -3.71. The number of anilines is 2. The Labute approximate surface area is 194 Å². The van der Waals surface area contributed by atoms with Crippen molar-refractivity contribution in [2.24, 2.45) is 5.14 Å². The molecule has 0 unspecified atom stereocenters. The molecule has 0 saturated carbocycles. The fraction of sp³-hybridized carbons (Fsp3) is 0.0833. The molecule has 0 radical (unpaired) electrons. The molecule has 9 heteroatoms. The van der Waals surface area contributed by atoms with Crippen LogP contribution in [0.5, 0.6) is 0 Å². The number of sulfonamides is 1. The van der Waals surface area contributed by atoms with Crippen LogP contribution in [0.25, 0.3) is 31.6 Å². The van der Waals surface area contributed by atoms with Gasteiger partial charge in [-0.25, -0.2) is 18.5 Å². The van der Waals surface area contributed by atoms with Gasteiger partial charge >= 0.3 is 0 Å². The molecule has 3 aromatic heterocycles. The number of benzene rings is 2. The number of nitrogens with two attached hydrogens (primary N) is 1. The Morgan fingerprint density at radius 3 is 2.73 bits per heavy atom. The number of H-pyrrole nitrogens is 1. The molecule has 0 bridgehead atoms. The van der Waals surface area contributed by atoms with Crippen LogP contribution in [-0.4, -0.2) is 18.4 Å². The van der Waals surface area contributed by atoms with Crippen LogP contribution < -0.4 is 10.5 Å². The van der Waals surface area contributed by atoms with Crippen molar-refractivity contribution in [2.75, 3.05) is 5.32 Å². The van der Waals surface area contributed by atoms with Gasteiger partial charge in [-0.15, -0.1) is 11.3 Å². The monoisotopic (exact) mass is 473 g/mol. The lowest BCUT2D eigenvalue weighted by Gasteiger charge is -2.13. The van der Waals surface area contributed by atoms with E-state index in [1.54, 1.807) is 18.3 Å². The third-order valence-corrected chi connectivity index (χ3v) is 7.93. The molecule has 0 aliphatic heterocycles. The molecule has 7 nitrogen and oxygen atoms in total. The number of aromatic amines is 1. The average Bonchev–Trinajstić information content (AvgIpc) is 3.40. The van der Waals surface area contributed by atoms with Gasteiger partial charge in [0.2, 0.25) is 10.0 Å². The van der Waals surface area contributed by atoms with Gasteiger partial charge in [-0.05, 0) is 60.9 Å². The van der Waals surface area contributed by atoms with Crippen molar-refractivity contribution in [3.05, 3.63) is 71.5 Å². The van der Waals surface area contributed by atoms with E-state index in [9.17, 15) is 13.7 Å². The predicted octanol–water partition coefficient (Wildman–Crippen LogP) is 5.32. The van der Waals surface area contributed by atoms with Crippen LogP contribution >= 0.6 is 11.3 Å². The number of nitriles is 1. The van der Waals surface area contributed by atoms with Gasteiger partial charge in [0.05, 0.1) is 16.1 Å². The molecule has 164 valence electrons. The number of aryl methyl sites for hydroxylation is 2. The van der Waals surface area contributed by atoms with Gasteiger partial charge in [0, 0.05) is 39.2 Å². The molecule has 0 saturated heterocycles. The van der Waals surface area contributed by atoms with Crippen LogP contribution in [0.2, 0.25) is 0 Å². The standard InChI is InChI=1S/C24H19N5O2S2/c1-13-18-8-9-27-20(18)7-6-19(13)29-22-16(11-25)12-28-24-21(22)14(2)23(32-24)15-4-3-5-17(10-15)33(26,30)31/h3-10,12,27H,1-2H3,(H,28,29)(H2,26,30,31). The van der Waals surface area contributed by atoms with E-state index in [1.165, 1.54) is 17.4 Å². The minimum Gasteiger partial charge on any atom is -0.361 e. The minimum absolute atomic E-state index is 0.0521. The number of thiophene rings is 1. The summed E-state index contributed by atoms with van der Waals surface area (Å²) in [4.78, 5) is 9.39. The van der Waals surface area contributed by atoms with Crippen LogP contribution in [0, 0.1) is 25.2 Å². The van der Waals surface area contributed by atoms with Crippen molar-refractivity contribution >= 4 is 53.9 Å². The maximum Gasteiger partial charge on any atom is 0.238 e. The van der Waals surface area contributed by atoms with Gasteiger partial charge in [0.15, 0.2) is 0 Å². The van der Waals surface area contributed by atoms with Crippen molar-refractivity contribution < 1.29 is 8.42 Å². The molecule has 5 rings (SSSR count). The second kappa shape index (κ2) is 7.71. The van der Waals surface area contributed by atoms with Crippen LogP contribution in [0.15, 0.2) is 59.8 Å². The molecule has 0 amide bonds. The highest BCUT2D eigenvalue weighted by Crippen LogP contribution is 2.43. The summed E-state index contributed by atoms with van der Waals surface area (Å²) < 4.78 is 23.7. The number of primary sulfonamides is 1. The molecule has 4 N–H and O–H groups in total. The summed E-state index contributed by atoms with van der Waals surface area (Å²) in [5.74, 6) is 0. The number of pyridine rings is 1. The first kappa shape index (κ1) is 21.2. The van der Waals surface area contributed by atoms with Gasteiger partial charge in [-0.3, -0.25) is 0 Å². The molecular formula is C24H19N5O2S2. The van der Waals surface area contributed by atoms with Gasteiger partial charge in [0.1, 0.15) is 10.9 Å². The number of nitrogens with one attached hydrogen (secondary N) is 2. The Bertz CT molecular complexity index is 1710. The summed E-state index contributed by atoms with van der Waals surface area (Å²) in [5, 5.41) is 20.5. The highest BCUT2D eigenvalue weighted by molar-refractivity contribution is 7.89. The molecule has 0 fully saturated rings. The molecule has 3 heterocycles. The summed E-state index contributed by atoms with van der Waals surface area (Å²) in [6.45, 7) is 3.99. The van der Waals surface area contributed by atoms with E-state index in [0.717, 1.165) is 48.4 Å². The smallest absolute Gasteiger partial charge is 0.238 e. The largest absolute Gasteiger partial charge is 0.361 e. The highest BCUT2D eigenvalue weighted by Gasteiger charge is 2.20. The van der Waals surface area contributed by atoms with Crippen molar-refractivity contribution in [3.63, 3.8) is 0 Å². The number of hydrogen-bond acceptors (Lipinski definition) is 6. The van der Waals surface area contributed by atoms with E-state index in [1.807, 2.05) is 44.3 Å². The number of fused-ring (bicyclic) bond motifs is 2. The van der Waals surface area contributed by atoms with Crippen LogP contribution in [0.1, 0.15) is 16.7 Å². The Morgan fingerprint density at radius 2 is 1.97 bits per heavy atom. The van der Waals surface area contributed by atoms with Gasteiger partial charge in [-0.1, -0.05) is 12.1 Å². The number of nitrogens with zero attached hydrogens (tertiary/aromatic N) is 2. The van der Waals surface area contributed by atoms with Gasteiger partial charge < -0.3 is 10.3 Å². The van der Waals surface area contributed by atoms with E-state index in [-0.39, 0.29) is 4.90 Å². The summed E-state index contributed by atoms with van der Waals surface area (Å²) in [5.41, 5.74) is 5.77. The maximum atomic E-state index is 11.8. The first-order valence-electron chi connectivity index (χ1n) is 10.1. The average molecular weight is 474 g/mol. The topological polar surface area (TPSA) is 125 Å². The molecule has 0 spiro atoms. The van der Waals surface area contributed by atoms with E-state index in [2.05, 4.69) is 21.4 Å². The second-order valence-corrected chi connectivity index (χ2v) is 10.3. The maximum absolute atomic E-state index is 11.8. The first-order chi connectivity index (χ1) is 15.8. The molecule has 0 aliphatic carbocycles. The molecule has 33 heavy (non-hydrogen) atoms. The van der Waals surface area contributed by atoms with Crippen molar-refractivity contribution in [1.82, 2.24) is 9.97 Å². The molecule has 0 atom stereocenters. The zero-order valence-corrected chi connectivity index (χ0v) is 19.4. The Morgan fingerprint density at radius 1 is 1.15 bits per heavy atom. The van der Waals surface area contributed by atoms with Crippen molar-refractivity contribution in [2.45, 2.75) is 18.7 Å². The fourth-order valence-corrected chi connectivity index (χ4v) is 5.78. The van der Waals surface area contributed by atoms with Crippen molar-refractivity contribution in [3.8, 4) is 16.5 Å². The Kier molecular flexibility index (Phi) is 4.94. The summed E-state index contributed by atoms with van der Waals surface area (Å²) >= 11 is 1.45. The van der Waals surface area contributed by atoms with E-state index in [4.69, 9.17) is 5.14 Å². The zero-order chi connectivity index (χ0) is 23.3. The summed E-state index contributed by atoms with van der Waals surface area (Å²) in [6, 6.07) is 14.8. The summed E-state index contributed by atoms with van der Waals surface area (Å²) in [7, 11) is -3.82. The lowest BCUT2D eigenvalue weighted by molar-refractivity contribution is 0.598. The SMILES string of the molecule is Cc1c(Nc2c(C#N)cnc3sc(-c4cccc(S(N)(=O)=O)c4)c(C)c23)ccc2[nH]ccc12. The Balaban J connectivity index is 1.70. The van der Waals surface area contributed by atoms with Crippen molar-refractivity contribution in [1.29, 1.82) is 5.26 Å². The highest BCUT2D eigenvalue weighted by atomic mass is 32.2. The third-order valence-electron chi connectivity index (χ3n) is 5.77. The quantitative estimate of drug-likeness (QED) is 0.326. The van der Waals surface area contributed by atoms with Gasteiger partial charge in [0.25, 0.3) is 0 Å². The minimum atomic E-state index is -3.82. The number of aromatic nitrogens is 2. The lowest BCUT2D eigenvalue weighted by atomic mass is 10.0. The number of hydrogen-bond donors (Lipinski definition) is 3. The van der Waals surface area contributed by atoms with E-state index in [0.29, 0.717) is 11.3 Å². The molecule has 2 aromatic carbocycles. The second-order valence-electron chi connectivity index (χ2n) is 7.77. The predicted molar refractivity (Wildman–Crippen MR) is 132 cm³/mol. The third kappa shape index (κ3) is 3.54. The van der Waals surface area contributed by atoms with E-state index < -0.39 is 10.0 Å².